The van der Waals surface area contributed by atoms with Gasteiger partial charge in [0.25, 0.3) is 0 Å². The third kappa shape index (κ3) is 3.39. The van der Waals surface area contributed by atoms with E-state index in [1.54, 1.807) is 0 Å². The Bertz CT molecular complexity index is 404. The maximum atomic E-state index is 12.9. The average Bonchev–Trinajstić information content (AvgIpc) is 2.17. The zero-order chi connectivity index (χ0) is 10.6. The smallest absolute Gasteiger partial charge is 0.424 e. The fourth-order valence-corrected chi connectivity index (χ4v) is 1.06. The highest BCUT2D eigenvalue weighted by Crippen LogP contribution is 2.31. The molecule has 0 saturated carbocycles. The van der Waals surface area contributed by atoms with E-state index in [1.807, 2.05) is 0 Å². The quantitative estimate of drug-likeness (QED) is 0.579. The van der Waals surface area contributed by atoms with Gasteiger partial charge in [0.2, 0.25) is 11.2 Å². The second-order valence-corrected chi connectivity index (χ2v) is 2.84. The molecular weight excluding hydrogens is 242 g/mol. The molecule has 6 heteroatoms. The Hall–Kier alpha value is -1.31. The molecule has 0 aliphatic carbocycles. The van der Waals surface area contributed by atoms with Crippen LogP contribution in [0.3, 0.4) is 0 Å². The van der Waals surface area contributed by atoms with E-state index in [0.717, 1.165) is 6.07 Å². The molecule has 0 saturated heterocycles. The van der Waals surface area contributed by atoms with Crippen molar-refractivity contribution in [1.82, 2.24) is 0 Å². The minimum absolute atomic E-state index is 0. The summed E-state index contributed by atoms with van der Waals surface area (Å²) in [6, 6.07) is 2.23. The van der Waals surface area contributed by atoms with Crippen LogP contribution in [0.25, 0.3) is 4.98 Å². The lowest BCUT2D eigenvalue weighted by Crippen LogP contribution is -3.00. The van der Waals surface area contributed by atoms with Gasteiger partial charge in [-0.25, -0.2) is 0 Å². The zero-order valence-corrected chi connectivity index (χ0v) is 9.09. The first kappa shape index (κ1) is 13.7. The Kier molecular flexibility index (Phi) is 5.68. The van der Waals surface area contributed by atoms with Crippen LogP contribution in [0.15, 0.2) is 24.8 Å². The summed E-state index contributed by atoms with van der Waals surface area (Å²) in [6.07, 6.45) is 1.52. The van der Waals surface area contributed by atoms with Crippen molar-refractivity contribution >= 4 is 17.3 Å². The Balaban J connectivity index is 0.00000196. The van der Waals surface area contributed by atoms with E-state index < -0.39 is 5.82 Å². The molecule has 0 unspecified atom stereocenters. The van der Waals surface area contributed by atoms with Crippen LogP contribution < -0.4 is 17.1 Å². The summed E-state index contributed by atoms with van der Waals surface area (Å²) >= 11 is 5.67. The number of halogens is 3. The summed E-state index contributed by atoms with van der Waals surface area (Å²) in [4.78, 5) is 2.74. The first-order chi connectivity index (χ1) is 6.69. The molecule has 0 spiro atoms. The summed E-state index contributed by atoms with van der Waals surface area (Å²) in [5, 5.41) is 8.55. The van der Waals surface area contributed by atoms with Crippen LogP contribution in [0.4, 0.5) is 10.1 Å². The molecule has 0 heterocycles. The molecule has 0 amide bonds. The Morgan fingerprint density at radius 1 is 1.60 bits per heavy atom. The topological polar surface area (TPSA) is 37.4 Å². The van der Waals surface area contributed by atoms with Gasteiger partial charge in [0, 0.05) is 6.07 Å². The molecule has 0 aliphatic heterocycles. The summed E-state index contributed by atoms with van der Waals surface area (Å²) in [7, 11) is 0. The third-order valence-corrected chi connectivity index (χ3v) is 1.76. The van der Waals surface area contributed by atoms with E-state index in [9.17, 15) is 4.39 Å². The van der Waals surface area contributed by atoms with E-state index in [-0.39, 0.29) is 35.5 Å². The molecular formula is C9H7Cl2FN2O. The predicted molar refractivity (Wildman–Crippen MR) is 51.8 cm³/mol. The number of hydrogen-bond acceptors (Lipinski definition) is 2. The maximum Gasteiger partial charge on any atom is 0.424 e. The van der Waals surface area contributed by atoms with Crippen LogP contribution in [0, 0.1) is 11.2 Å². The fourth-order valence-electron chi connectivity index (χ4n) is 0.854. The summed E-state index contributed by atoms with van der Waals surface area (Å²) in [5.41, 5.74) is -0.214. The average molecular weight is 249 g/mol. The lowest BCUT2D eigenvalue weighted by molar-refractivity contribution is -0.00000395. The number of hydrogen-bond donors (Lipinski definition) is 0. The van der Waals surface area contributed by atoms with Gasteiger partial charge in [-0.3, -0.25) is 0 Å². The van der Waals surface area contributed by atoms with Gasteiger partial charge in [-0.05, 0) is 0 Å². The van der Waals surface area contributed by atoms with Crippen molar-refractivity contribution in [2.75, 3.05) is 6.61 Å². The van der Waals surface area contributed by atoms with E-state index in [1.165, 1.54) is 12.1 Å². The molecule has 3 nitrogen and oxygen atoms in total. The van der Waals surface area contributed by atoms with Crippen molar-refractivity contribution < 1.29 is 21.5 Å². The first-order valence-corrected chi connectivity index (χ1v) is 4.14. The number of rotatable bonds is 3. The van der Waals surface area contributed by atoms with E-state index in [4.69, 9.17) is 21.7 Å². The standard InChI is InChI=1S/C9H7ClFN2O.ClH/c1-2-3-14-9-5-8(13-12)7(11)4-6(9)10;/h2,4-5H,1,3H2;1H/q+1;/p-1. The molecule has 0 bridgehead atoms. The molecule has 0 atom stereocenters. The molecule has 1 aromatic rings. The number of nitrogens with zero attached hydrogens (tertiary/aromatic N) is 2. The van der Waals surface area contributed by atoms with Crippen LogP contribution in [-0.4, -0.2) is 6.61 Å². The minimum Gasteiger partial charge on any atom is -1.00 e. The third-order valence-electron chi connectivity index (χ3n) is 1.47. The second kappa shape index (κ2) is 6.23. The van der Waals surface area contributed by atoms with Gasteiger partial charge in [-0.15, -0.1) is 0 Å². The molecule has 0 radical (unpaired) electrons. The van der Waals surface area contributed by atoms with Gasteiger partial charge in [-0.2, -0.15) is 4.39 Å². The SMILES string of the molecule is C=CCOc1cc([N+]#N)c(F)cc1Cl.[Cl-]. The Labute approximate surface area is 97.5 Å². The number of ether oxygens (including phenoxy) is 1. The van der Waals surface area contributed by atoms with Gasteiger partial charge < -0.3 is 17.1 Å². The molecule has 0 aromatic heterocycles. The van der Waals surface area contributed by atoms with Gasteiger partial charge in [-0.1, -0.05) is 24.3 Å². The van der Waals surface area contributed by atoms with E-state index in [2.05, 4.69) is 11.6 Å². The summed E-state index contributed by atoms with van der Waals surface area (Å²) in [6.45, 7) is 3.70. The second-order valence-electron chi connectivity index (χ2n) is 2.43. The predicted octanol–water partition coefficient (Wildman–Crippen LogP) is 0.532. The van der Waals surface area contributed by atoms with Gasteiger partial charge in [0.15, 0.2) is 4.98 Å². The van der Waals surface area contributed by atoms with Crippen LogP contribution in [0.1, 0.15) is 0 Å². The van der Waals surface area contributed by atoms with Gasteiger partial charge in [0.05, 0.1) is 11.1 Å². The van der Waals surface area contributed by atoms with Crippen LogP contribution >= 0.6 is 11.6 Å². The first-order valence-electron chi connectivity index (χ1n) is 3.77. The van der Waals surface area contributed by atoms with E-state index >= 15 is 0 Å². The number of benzene rings is 1. The highest BCUT2D eigenvalue weighted by molar-refractivity contribution is 6.32. The number of diazo groups is 1. The van der Waals surface area contributed by atoms with E-state index in [0.29, 0.717) is 0 Å². The van der Waals surface area contributed by atoms with Crippen molar-refractivity contribution in [3.63, 3.8) is 0 Å². The highest BCUT2D eigenvalue weighted by Gasteiger charge is 2.18. The van der Waals surface area contributed by atoms with Crippen molar-refractivity contribution in [3.8, 4) is 5.75 Å². The summed E-state index contributed by atoms with van der Waals surface area (Å²) < 4.78 is 18.0. The Morgan fingerprint density at radius 2 is 2.27 bits per heavy atom. The van der Waals surface area contributed by atoms with Crippen LogP contribution in [0.5, 0.6) is 5.75 Å². The molecule has 0 aliphatic rings. The van der Waals surface area contributed by atoms with Crippen LogP contribution in [-0.2, 0) is 0 Å². The van der Waals surface area contributed by atoms with Crippen molar-refractivity contribution in [1.29, 1.82) is 5.39 Å². The Morgan fingerprint density at radius 3 is 2.80 bits per heavy atom. The molecule has 1 rings (SSSR count). The minimum atomic E-state index is -0.705. The molecule has 0 N–H and O–H groups in total. The fraction of sp³-hybridized carbons (Fsp3) is 0.111. The molecule has 80 valence electrons. The van der Waals surface area contributed by atoms with Crippen molar-refractivity contribution in [2.24, 2.45) is 0 Å². The highest BCUT2D eigenvalue weighted by atomic mass is 35.5. The van der Waals surface area contributed by atoms with Crippen molar-refractivity contribution in [2.45, 2.75) is 0 Å². The summed E-state index contributed by atoms with van der Waals surface area (Å²) in [5.74, 6) is -0.454. The monoisotopic (exact) mass is 248 g/mol. The maximum absolute atomic E-state index is 12.9. The molecule has 0 fully saturated rings. The normalized spacial score (nSPS) is 8.60. The lowest BCUT2D eigenvalue weighted by Gasteiger charge is -2.03. The molecule has 1 aromatic carbocycles. The zero-order valence-electron chi connectivity index (χ0n) is 7.58. The van der Waals surface area contributed by atoms with Gasteiger partial charge >= 0.3 is 5.69 Å². The largest absolute Gasteiger partial charge is 1.00 e. The lowest BCUT2D eigenvalue weighted by atomic mass is 10.3. The van der Waals surface area contributed by atoms with Crippen LogP contribution in [0.2, 0.25) is 5.02 Å². The molecule has 15 heavy (non-hydrogen) atoms. The van der Waals surface area contributed by atoms with Crippen molar-refractivity contribution in [3.05, 3.63) is 40.6 Å². The van der Waals surface area contributed by atoms with Gasteiger partial charge in [0.1, 0.15) is 12.4 Å².